The molecule has 1 saturated carbocycles. The van der Waals surface area contributed by atoms with Crippen LogP contribution >= 0.6 is 0 Å². The molecule has 0 radical (unpaired) electrons. The topological polar surface area (TPSA) is 57.6 Å². The highest BCUT2D eigenvalue weighted by Crippen LogP contribution is 2.30. The van der Waals surface area contributed by atoms with Gasteiger partial charge in [0.15, 0.2) is 0 Å². The predicted octanol–water partition coefficient (Wildman–Crippen LogP) is 0.347. The Morgan fingerprint density at radius 2 is 2.21 bits per heavy atom. The zero-order valence-electron chi connectivity index (χ0n) is 8.39. The SMILES string of the molecule is C=CCN(C1CC1)S(=O)(=O)C(C)CO. The Labute approximate surface area is 85.3 Å². The summed E-state index contributed by atoms with van der Waals surface area (Å²) in [7, 11) is -3.34. The van der Waals surface area contributed by atoms with Crippen molar-refractivity contribution in [3.8, 4) is 0 Å². The molecule has 4 nitrogen and oxygen atoms in total. The van der Waals surface area contributed by atoms with Gasteiger partial charge in [0.25, 0.3) is 0 Å². The van der Waals surface area contributed by atoms with Gasteiger partial charge in [-0.3, -0.25) is 0 Å². The lowest BCUT2D eigenvalue weighted by molar-refractivity contribution is 0.289. The maximum atomic E-state index is 11.9. The maximum absolute atomic E-state index is 11.9. The van der Waals surface area contributed by atoms with Crippen molar-refractivity contribution in [1.29, 1.82) is 0 Å². The van der Waals surface area contributed by atoms with Crippen LogP contribution in [0.4, 0.5) is 0 Å². The summed E-state index contributed by atoms with van der Waals surface area (Å²) >= 11 is 0. The fourth-order valence-corrected chi connectivity index (χ4v) is 2.87. The lowest BCUT2D eigenvalue weighted by Gasteiger charge is -2.23. The van der Waals surface area contributed by atoms with Gasteiger partial charge in [-0.05, 0) is 19.8 Å². The molecule has 1 rings (SSSR count). The van der Waals surface area contributed by atoms with Crippen LogP contribution < -0.4 is 0 Å². The van der Waals surface area contributed by atoms with Crippen molar-refractivity contribution in [2.75, 3.05) is 13.2 Å². The van der Waals surface area contributed by atoms with Gasteiger partial charge in [-0.1, -0.05) is 6.08 Å². The van der Waals surface area contributed by atoms with Crippen LogP contribution in [0.2, 0.25) is 0 Å². The molecule has 5 heteroatoms. The number of hydrogen-bond acceptors (Lipinski definition) is 3. The molecule has 1 unspecified atom stereocenters. The number of aliphatic hydroxyl groups is 1. The second kappa shape index (κ2) is 4.42. The third-order valence-electron chi connectivity index (χ3n) is 2.36. The van der Waals surface area contributed by atoms with E-state index in [2.05, 4.69) is 6.58 Å². The highest BCUT2D eigenvalue weighted by atomic mass is 32.2. The first-order chi connectivity index (χ1) is 6.54. The summed E-state index contributed by atoms with van der Waals surface area (Å²) < 4.78 is 25.1. The molecule has 0 heterocycles. The fraction of sp³-hybridized carbons (Fsp3) is 0.778. The summed E-state index contributed by atoms with van der Waals surface area (Å²) in [5, 5.41) is 8.14. The first-order valence-electron chi connectivity index (χ1n) is 4.76. The van der Waals surface area contributed by atoms with Crippen LogP contribution in [0.1, 0.15) is 19.8 Å². The molecule has 0 spiro atoms. The van der Waals surface area contributed by atoms with Crippen LogP contribution in [0.15, 0.2) is 12.7 Å². The van der Waals surface area contributed by atoms with Crippen LogP contribution in [0.25, 0.3) is 0 Å². The molecule has 1 fully saturated rings. The molecule has 0 aromatic heterocycles. The van der Waals surface area contributed by atoms with E-state index >= 15 is 0 Å². The largest absolute Gasteiger partial charge is 0.395 e. The third kappa shape index (κ3) is 2.34. The molecular formula is C9H17NO3S. The van der Waals surface area contributed by atoms with Gasteiger partial charge in [0.1, 0.15) is 0 Å². The molecule has 0 saturated heterocycles. The summed E-state index contributed by atoms with van der Waals surface area (Å²) in [6.07, 6.45) is 3.43. The molecule has 1 atom stereocenters. The van der Waals surface area contributed by atoms with Gasteiger partial charge in [-0.2, -0.15) is 4.31 Å². The van der Waals surface area contributed by atoms with Crippen molar-refractivity contribution in [2.24, 2.45) is 0 Å². The van der Waals surface area contributed by atoms with Gasteiger partial charge in [0, 0.05) is 12.6 Å². The van der Waals surface area contributed by atoms with E-state index in [4.69, 9.17) is 5.11 Å². The van der Waals surface area contributed by atoms with Gasteiger partial charge >= 0.3 is 0 Å². The molecule has 0 aromatic rings. The first kappa shape index (κ1) is 11.7. The van der Waals surface area contributed by atoms with E-state index in [1.165, 1.54) is 11.2 Å². The van der Waals surface area contributed by atoms with Crippen molar-refractivity contribution in [3.05, 3.63) is 12.7 Å². The molecule has 0 aromatic carbocycles. The lowest BCUT2D eigenvalue weighted by atomic mass is 10.5. The van der Waals surface area contributed by atoms with E-state index < -0.39 is 15.3 Å². The van der Waals surface area contributed by atoms with Gasteiger partial charge < -0.3 is 5.11 Å². The van der Waals surface area contributed by atoms with Gasteiger partial charge in [0.05, 0.1) is 11.9 Å². The Morgan fingerprint density at radius 3 is 2.57 bits per heavy atom. The number of nitrogens with zero attached hydrogens (tertiary/aromatic N) is 1. The summed E-state index contributed by atoms with van der Waals surface area (Å²) in [6, 6.07) is 0.131. The third-order valence-corrected chi connectivity index (χ3v) is 4.62. The first-order valence-corrected chi connectivity index (χ1v) is 6.26. The Hall–Kier alpha value is -0.390. The maximum Gasteiger partial charge on any atom is 0.219 e. The lowest BCUT2D eigenvalue weighted by Crippen LogP contribution is -2.40. The average Bonchev–Trinajstić information content (AvgIpc) is 2.95. The van der Waals surface area contributed by atoms with Gasteiger partial charge in [0.2, 0.25) is 10.0 Å². The Bertz CT molecular complexity index is 295. The monoisotopic (exact) mass is 219 g/mol. The van der Waals surface area contributed by atoms with Gasteiger partial charge in [-0.25, -0.2) is 8.42 Å². The van der Waals surface area contributed by atoms with Crippen molar-refractivity contribution in [2.45, 2.75) is 31.1 Å². The van der Waals surface area contributed by atoms with E-state index in [1.54, 1.807) is 6.08 Å². The van der Waals surface area contributed by atoms with Crippen LogP contribution in [0.5, 0.6) is 0 Å². The minimum atomic E-state index is -3.34. The Kier molecular flexibility index (Phi) is 3.69. The van der Waals surface area contributed by atoms with Crippen LogP contribution in [0, 0.1) is 0 Å². The molecule has 1 aliphatic carbocycles. The quantitative estimate of drug-likeness (QED) is 0.656. The zero-order chi connectivity index (χ0) is 10.8. The molecule has 82 valence electrons. The van der Waals surface area contributed by atoms with E-state index in [0.717, 1.165) is 12.8 Å². The number of hydrogen-bond donors (Lipinski definition) is 1. The second-order valence-corrected chi connectivity index (χ2v) is 5.93. The molecule has 1 aliphatic rings. The number of rotatable bonds is 6. The summed E-state index contributed by atoms with van der Waals surface area (Å²) in [5.74, 6) is 0. The van der Waals surface area contributed by atoms with Crippen molar-refractivity contribution >= 4 is 10.0 Å². The molecule has 0 aliphatic heterocycles. The average molecular weight is 219 g/mol. The second-order valence-electron chi connectivity index (χ2n) is 3.63. The highest BCUT2D eigenvalue weighted by molar-refractivity contribution is 7.89. The Morgan fingerprint density at radius 1 is 1.64 bits per heavy atom. The predicted molar refractivity (Wildman–Crippen MR) is 55.4 cm³/mol. The van der Waals surface area contributed by atoms with Crippen molar-refractivity contribution in [3.63, 3.8) is 0 Å². The summed E-state index contributed by atoms with van der Waals surface area (Å²) in [6.45, 7) is 5.08. The van der Waals surface area contributed by atoms with E-state index in [0.29, 0.717) is 6.54 Å². The van der Waals surface area contributed by atoms with Crippen LogP contribution in [0.3, 0.4) is 0 Å². The smallest absolute Gasteiger partial charge is 0.219 e. The highest BCUT2D eigenvalue weighted by Gasteiger charge is 2.38. The van der Waals surface area contributed by atoms with E-state index in [-0.39, 0.29) is 12.6 Å². The fourth-order valence-electron chi connectivity index (χ4n) is 1.28. The van der Waals surface area contributed by atoms with E-state index in [9.17, 15) is 8.42 Å². The number of aliphatic hydroxyl groups excluding tert-OH is 1. The summed E-state index contributed by atoms with van der Waals surface area (Å²) in [5.41, 5.74) is 0. The Balaban J connectivity index is 2.79. The molecule has 0 bridgehead atoms. The normalized spacial score (nSPS) is 19.6. The molecular weight excluding hydrogens is 202 g/mol. The van der Waals surface area contributed by atoms with Crippen molar-refractivity contribution < 1.29 is 13.5 Å². The number of sulfonamides is 1. The summed E-state index contributed by atoms with van der Waals surface area (Å²) in [4.78, 5) is 0. The molecule has 14 heavy (non-hydrogen) atoms. The minimum Gasteiger partial charge on any atom is -0.395 e. The van der Waals surface area contributed by atoms with Crippen LogP contribution in [-0.4, -0.2) is 42.3 Å². The van der Waals surface area contributed by atoms with E-state index in [1.807, 2.05) is 0 Å². The molecule has 1 N–H and O–H groups in total. The molecule has 0 amide bonds. The standard InChI is InChI=1S/C9H17NO3S/c1-3-6-10(9-4-5-9)14(12,13)8(2)7-11/h3,8-9,11H,1,4-7H2,2H3. The zero-order valence-corrected chi connectivity index (χ0v) is 9.20. The van der Waals surface area contributed by atoms with Gasteiger partial charge in [-0.15, -0.1) is 6.58 Å². The van der Waals surface area contributed by atoms with Crippen LogP contribution in [-0.2, 0) is 10.0 Å². The minimum absolute atomic E-state index is 0.131. The van der Waals surface area contributed by atoms with Crippen molar-refractivity contribution in [1.82, 2.24) is 4.31 Å².